The van der Waals surface area contributed by atoms with Crippen LogP contribution in [0.4, 0.5) is 5.13 Å². The number of thiazole rings is 1. The molecule has 0 spiro atoms. The van der Waals surface area contributed by atoms with Crippen molar-refractivity contribution in [3.63, 3.8) is 0 Å². The summed E-state index contributed by atoms with van der Waals surface area (Å²) < 4.78 is 0. The molecule has 2 atom stereocenters. The van der Waals surface area contributed by atoms with Gasteiger partial charge in [-0.15, -0.1) is 11.3 Å². The van der Waals surface area contributed by atoms with Gasteiger partial charge in [0, 0.05) is 30.4 Å². The normalized spacial score (nSPS) is 19.7. The van der Waals surface area contributed by atoms with E-state index in [1.165, 1.54) is 11.3 Å². The summed E-state index contributed by atoms with van der Waals surface area (Å²) in [5.41, 5.74) is 6.68. The molecule has 1 aromatic heterocycles. The second-order valence-corrected chi connectivity index (χ2v) is 7.42. The van der Waals surface area contributed by atoms with Gasteiger partial charge < -0.3 is 16.0 Å². The molecule has 1 aromatic rings. The SMILES string of the molecule is CC(C)C(=O)Nc1nc(CC(=O)N2CCCC(C(C)N)C2)cs1. The molecule has 23 heavy (non-hydrogen) atoms. The molecule has 3 N–H and O–H groups in total. The lowest BCUT2D eigenvalue weighted by Crippen LogP contribution is -2.45. The highest BCUT2D eigenvalue weighted by Crippen LogP contribution is 2.21. The molecule has 6 nitrogen and oxygen atoms in total. The van der Waals surface area contributed by atoms with E-state index in [1.807, 2.05) is 31.1 Å². The first-order chi connectivity index (χ1) is 10.9. The first-order valence-electron chi connectivity index (χ1n) is 8.15. The quantitative estimate of drug-likeness (QED) is 0.858. The van der Waals surface area contributed by atoms with Gasteiger partial charge in [0.05, 0.1) is 12.1 Å². The third-order valence-corrected chi connectivity index (χ3v) is 5.00. The Morgan fingerprint density at radius 2 is 2.22 bits per heavy atom. The van der Waals surface area contributed by atoms with Crippen molar-refractivity contribution in [3.05, 3.63) is 11.1 Å². The predicted octanol–water partition coefficient (Wildman–Crippen LogP) is 1.87. The van der Waals surface area contributed by atoms with E-state index >= 15 is 0 Å². The molecular weight excluding hydrogens is 312 g/mol. The number of nitrogens with one attached hydrogen (secondary N) is 1. The van der Waals surface area contributed by atoms with Gasteiger partial charge in [-0.3, -0.25) is 9.59 Å². The molecule has 1 aliphatic heterocycles. The van der Waals surface area contributed by atoms with Crippen LogP contribution in [0, 0.1) is 11.8 Å². The van der Waals surface area contributed by atoms with Crippen LogP contribution >= 0.6 is 11.3 Å². The number of nitrogens with zero attached hydrogens (tertiary/aromatic N) is 2. The van der Waals surface area contributed by atoms with Crippen LogP contribution < -0.4 is 11.1 Å². The number of carbonyl (C=O) groups excluding carboxylic acids is 2. The van der Waals surface area contributed by atoms with Crippen molar-refractivity contribution in [2.75, 3.05) is 18.4 Å². The fraction of sp³-hybridized carbons (Fsp3) is 0.688. The summed E-state index contributed by atoms with van der Waals surface area (Å²) in [5.74, 6) is 0.312. The van der Waals surface area contributed by atoms with Crippen molar-refractivity contribution in [2.45, 2.75) is 46.1 Å². The fourth-order valence-corrected chi connectivity index (χ4v) is 3.34. The molecule has 0 aromatic carbocycles. The number of amides is 2. The Balaban J connectivity index is 1.90. The Labute approximate surface area is 141 Å². The predicted molar refractivity (Wildman–Crippen MR) is 92.2 cm³/mol. The van der Waals surface area contributed by atoms with E-state index in [1.54, 1.807) is 0 Å². The standard InChI is InChI=1S/C16H26N4O2S/c1-10(2)15(22)19-16-18-13(9-23-16)7-14(21)20-6-4-5-12(8-20)11(3)17/h9-12H,4-8,17H2,1-3H3,(H,18,19,22). The summed E-state index contributed by atoms with van der Waals surface area (Å²) in [6.45, 7) is 7.20. The Bertz CT molecular complexity index is 556. The van der Waals surface area contributed by atoms with Crippen molar-refractivity contribution >= 4 is 28.3 Å². The Morgan fingerprint density at radius 3 is 2.87 bits per heavy atom. The minimum absolute atomic E-state index is 0.0620. The second kappa shape index (κ2) is 7.88. The molecular formula is C16H26N4O2S. The number of rotatable bonds is 5. The van der Waals surface area contributed by atoms with Crippen molar-refractivity contribution in [1.29, 1.82) is 0 Å². The highest BCUT2D eigenvalue weighted by Gasteiger charge is 2.26. The molecule has 0 bridgehead atoms. The highest BCUT2D eigenvalue weighted by atomic mass is 32.1. The smallest absolute Gasteiger partial charge is 0.228 e. The topological polar surface area (TPSA) is 88.3 Å². The van der Waals surface area contributed by atoms with Crippen molar-refractivity contribution in [2.24, 2.45) is 17.6 Å². The number of likely N-dealkylation sites (tertiary alicyclic amines) is 1. The summed E-state index contributed by atoms with van der Waals surface area (Å²) in [4.78, 5) is 30.3. The number of nitrogens with two attached hydrogens (primary N) is 1. The largest absolute Gasteiger partial charge is 0.342 e. The van der Waals surface area contributed by atoms with Gasteiger partial charge in [-0.25, -0.2) is 4.98 Å². The Kier molecular flexibility index (Phi) is 6.12. The van der Waals surface area contributed by atoms with E-state index in [4.69, 9.17) is 5.73 Å². The van der Waals surface area contributed by atoms with Crippen LogP contribution in [0.25, 0.3) is 0 Å². The summed E-state index contributed by atoms with van der Waals surface area (Å²) in [6, 6.07) is 0.114. The van der Waals surface area contributed by atoms with E-state index in [-0.39, 0.29) is 30.2 Å². The number of hydrogen-bond acceptors (Lipinski definition) is 5. The molecule has 0 radical (unpaired) electrons. The Morgan fingerprint density at radius 1 is 1.48 bits per heavy atom. The number of piperidine rings is 1. The van der Waals surface area contributed by atoms with Crippen molar-refractivity contribution in [1.82, 2.24) is 9.88 Å². The average molecular weight is 338 g/mol. The summed E-state index contributed by atoms with van der Waals surface area (Å²) in [7, 11) is 0. The molecule has 1 aliphatic rings. The van der Waals surface area contributed by atoms with Gasteiger partial charge in [-0.2, -0.15) is 0 Å². The summed E-state index contributed by atoms with van der Waals surface area (Å²) in [6.07, 6.45) is 2.37. The van der Waals surface area contributed by atoms with E-state index < -0.39 is 0 Å². The first kappa shape index (κ1) is 17.9. The summed E-state index contributed by atoms with van der Waals surface area (Å²) >= 11 is 1.36. The van der Waals surface area contributed by atoms with Gasteiger partial charge >= 0.3 is 0 Å². The molecule has 2 heterocycles. The first-order valence-corrected chi connectivity index (χ1v) is 9.03. The van der Waals surface area contributed by atoms with Gasteiger partial charge in [0.15, 0.2) is 5.13 Å². The Hall–Kier alpha value is -1.47. The molecule has 1 fully saturated rings. The van der Waals surface area contributed by atoms with E-state index in [9.17, 15) is 9.59 Å². The van der Waals surface area contributed by atoms with Crippen LogP contribution in [0.15, 0.2) is 5.38 Å². The maximum absolute atomic E-state index is 12.4. The fourth-order valence-electron chi connectivity index (χ4n) is 2.63. The number of carbonyl (C=O) groups is 2. The molecule has 1 saturated heterocycles. The monoisotopic (exact) mass is 338 g/mol. The zero-order valence-electron chi connectivity index (χ0n) is 14.0. The molecule has 2 rings (SSSR count). The van der Waals surface area contributed by atoms with Crippen LogP contribution in [0.5, 0.6) is 0 Å². The van der Waals surface area contributed by atoms with Gasteiger partial charge in [0.1, 0.15) is 0 Å². The van der Waals surface area contributed by atoms with Crippen LogP contribution in [0.2, 0.25) is 0 Å². The highest BCUT2D eigenvalue weighted by molar-refractivity contribution is 7.13. The maximum Gasteiger partial charge on any atom is 0.228 e. The van der Waals surface area contributed by atoms with Crippen molar-refractivity contribution in [3.8, 4) is 0 Å². The third kappa shape index (κ3) is 5.00. The van der Waals surface area contributed by atoms with Gasteiger partial charge in [0.2, 0.25) is 11.8 Å². The molecule has 2 amide bonds. The molecule has 128 valence electrons. The number of aromatic nitrogens is 1. The van der Waals surface area contributed by atoms with Crippen LogP contribution in [-0.2, 0) is 16.0 Å². The minimum Gasteiger partial charge on any atom is -0.342 e. The van der Waals surface area contributed by atoms with Crippen molar-refractivity contribution < 1.29 is 9.59 Å². The van der Waals surface area contributed by atoms with Crippen LogP contribution in [0.3, 0.4) is 0 Å². The van der Waals surface area contributed by atoms with E-state index in [2.05, 4.69) is 10.3 Å². The lowest BCUT2D eigenvalue weighted by atomic mass is 9.92. The van der Waals surface area contributed by atoms with Gasteiger partial charge in [0.25, 0.3) is 0 Å². The minimum atomic E-state index is -0.0903. The average Bonchev–Trinajstić information content (AvgIpc) is 2.94. The maximum atomic E-state index is 12.4. The van der Waals surface area contributed by atoms with E-state index in [0.717, 1.165) is 25.9 Å². The lowest BCUT2D eigenvalue weighted by molar-refractivity contribution is -0.132. The van der Waals surface area contributed by atoms with Gasteiger partial charge in [-0.1, -0.05) is 13.8 Å². The lowest BCUT2D eigenvalue weighted by Gasteiger charge is -2.34. The molecule has 7 heteroatoms. The molecule has 0 aliphatic carbocycles. The number of anilines is 1. The zero-order valence-corrected chi connectivity index (χ0v) is 14.9. The van der Waals surface area contributed by atoms with Crippen LogP contribution in [-0.4, -0.2) is 40.8 Å². The van der Waals surface area contributed by atoms with Crippen LogP contribution in [0.1, 0.15) is 39.3 Å². The third-order valence-electron chi connectivity index (χ3n) is 4.19. The van der Waals surface area contributed by atoms with Gasteiger partial charge in [-0.05, 0) is 25.7 Å². The number of hydrogen-bond donors (Lipinski definition) is 2. The second-order valence-electron chi connectivity index (χ2n) is 6.57. The summed E-state index contributed by atoms with van der Waals surface area (Å²) in [5, 5.41) is 5.15. The van der Waals surface area contributed by atoms with E-state index in [0.29, 0.717) is 16.7 Å². The zero-order chi connectivity index (χ0) is 17.0. The molecule has 0 saturated carbocycles. The molecule has 2 unspecified atom stereocenters.